The lowest BCUT2D eigenvalue weighted by atomic mass is 10.1. The average Bonchev–Trinajstić information content (AvgIpc) is 2.47. The summed E-state index contributed by atoms with van der Waals surface area (Å²) < 4.78 is 11.0. The third kappa shape index (κ3) is 3.46. The van der Waals surface area contributed by atoms with Gasteiger partial charge in [0.1, 0.15) is 6.10 Å². The van der Waals surface area contributed by atoms with Crippen molar-refractivity contribution in [1.82, 2.24) is 10.3 Å². The number of hydrogen-bond donors (Lipinski definition) is 1. The molecule has 0 amide bonds. The number of aromatic nitrogens is 1. The summed E-state index contributed by atoms with van der Waals surface area (Å²) in [6.45, 7) is 6.39. The maximum atomic E-state index is 5.87. The van der Waals surface area contributed by atoms with E-state index >= 15 is 0 Å². The van der Waals surface area contributed by atoms with Crippen molar-refractivity contribution in [3.63, 3.8) is 0 Å². The minimum absolute atomic E-state index is 0.0180. The quantitative estimate of drug-likeness (QED) is 0.843. The molecule has 20 heavy (non-hydrogen) atoms. The highest BCUT2D eigenvalue weighted by atomic mass is 16.5. The number of fused-ring (bicyclic) bond motifs is 1. The van der Waals surface area contributed by atoms with Crippen LogP contribution in [0, 0.1) is 0 Å². The van der Waals surface area contributed by atoms with Gasteiger partial charge < -0.3 is 14.8 Å². The van der Waals surface area contributed by atoms with Gasteiger partial charge in [0.2, 0.25) is 5.88 Å². The van der Waals surface area contributed by atoms with Crippen LogP contribution in [0.3, 0.4) is 0 Å². The molecule has 0 spiro atoms. The monoisotopic (exact) mass is 274 g/mol. The fraction of sp³-hybridized carbons (Fsp3) is 0.438. The van der Waals surface area contributed by atoms with Crippen molar-refractivity contribution >= 4 is 10.8 Å². The first kappa shape index (κ1) is 14.8. The highest BCUT2D eigenvalue weighted by Gasteiger charge is 2.11. The van der Waals surface area contributed by atoms with Gasteiger partial charge in [0.05, 0.1) is 6.61 Å². The third-order valence-corrected chi connectivity index (χ3v) is 3.12. The highest BCUT2D eigenvalue weighted by molar-refractivity contribution is 5.89. The Kier molecular flexibility index (Phi) is 5.32. The summed E-state index contributed by atoms with van der Waals surface area (Å²) >= 11 is 0. The predicted octanol–water partition coefficient (Wildman–Crippen LogP) is 2.76. The highest BCUT2D eigenvalue weighted by Crippen LogP contribution is 2.26. The van der Waals surface area contributed by atoms with Crippen molar-refractivity contribution in [2.45, 2.75) is 26.5 Å². The molecule has 4 heteroatoms. The molecule has 0 bridgehead atoms. The molecule has 0 aliphatic carbocycles. The fourth-order valence-corrected chi connectivity index (χ4v) is 2.18. The van der Waals surface area contributed by atoms with E-state index in [2.05, 4.69) is 23.3 Å². The van der Waals surface area contributed by atoms with Gasteiger partial charge in [-0.3, -0.25) is 0 Å². The van der Waals surface area contributed by atoms with Crippen LogP contribution < -0.4 is 10.1 Å². The molecule has 0 saturated heterocycles. The van der Waals surface area contributed by atoms with Gasteiger partial charge in [-0.15, -0.1) is 0 Å². The Morgan fingerprint density at radius 1 is 1.25 bits per heavy atom. The Balaban J connectivity index is 2.33. The first-order valence-corrected chi connectivity index (χ1v) is 6.99. The zero-order valence-electron chi connectivity index (χ0n) is 12.3. The molecule has 2 aromatic rings. The Bertz CT molecular complexity index is 557. The van der Waals surface area contributed by atoms with E-state index in [4.69, 9.17) is 9.47 Å². The summed E-state index contributed by atoms with van der Waals surface area (Å²) in [5.74, 6) is 0.672. The first-order valence-electron chi connectivity index (χ1n) is 6.99. The average molecular weight is 274 g/mol. The van der Waals surface area contributed by atoms with Crippen LogP contribution in [0.5, 0.6) is 5.88 Å². The molecule has 1 atom stereocenters. The lowest BCUT2D eigenvalue weighted by molar-refractivity contribution is 0.0901. The van der Waals surface area contributed by atoms with Crippen LogP contribution in [0.2, 0.25) is 0 Å². The topological polar surface area (TPSA) is 43.4 Å². The number of nitrogens with zero attached hydrogens (tertiary/aromatic N) is 1. The lowest BCUT2D eigenvalue weighted by Gasteiger charge is -2.16. The van der Waals surface area contributed by atoms with Crippen molar-refractivity contribution in [3.8, 4) is 5.88 Å². The van der Waals surface area contributed by atoms with Gasteiger partial charge in [-0.25, -0.2) is 4.98 Å². The maximum Gasteiger partial charge on any atom is 0.221 e. The number of pyridine rings is 1. The molecule has 0 aliphatic rings. The molecule has 1 aromatic carbocycles. The minimum Gasteiger partial charge on any atom is -0.472 e. The molecule has 0 aliphatic heterocycles. The Morgan fingerprint density at radius 3 is 2.70 bits per heavy atom. The molecule has 1 unspecified atom stereocenters. The van der Waals surface area contributed by atoms with Crippen LogP contribution >= 0.6 is 0 Å². The fourth-order valence-electron chi connectivity index (χ4n) is 2.18. The van der Waals surface area contributed by atoms with Gasteiger partial charge in [-0.1, -0.05) is 25.1 Å². The van der Waals surface area contributed by atoms with Crippen molar-refractivity contribution in [2.75, 3.05) is 20.3 Å². The summed E-state index contributed by atoms with van der Waals surface area (Å²) in [7, 11) is 1.67. The van der Waals surface area contributed by atoms with Gasteiger partial charge in [-0.05, 0) is 30.5 Å². The molecule has 108 valence electrons. The third-order valence-electron chi connectivity index (χ3n) is 3.12. The molecule has 1 aromatic heterocycles. The van der Waals surface area contributed by atoms with E-state index in [0.717, 1.165) is 18.5 Å². The molecular formula is C16H22N2O2. The first-order chi connectivity index (χ1) is 9.76. The zero-order chi connectivity index (χ0) is 14.4. The molecule has 2 rings (SSSR count). The van der Waals surface area contributed by atoms with E-state index in [1.54, 1.807) is 7.11 Å². The van der Waals surface area contributed by atoms with Gasteiger partial charge >= 0.3 is 0 Å². The van der Waals surface area contributed by atoms with Gasteiger partial charge in [0, 0.05) is 25.2 Å². The number of methoxy groups -OCH3 is 1. The Labute approximate surface area is 120 Å². The van der Waals surface area contributed by atoms with Gasteiger partial charge in [0.15, 0.2) is 0 Å². The molecule has 0 radical (unpaired) electrons. The van der Waals surface area contributed by atoms with Crippen molar-refractivity contribution < 1.29 is 9.47 Å². The molecular weight excluding hydrogens is 252 g/mol. The van der Waals surface area contributed by atoms with Crippen LogP contribution in [0.25, 0.3) is 10.8 Å². The number of nitrogens with one attached hydrogen (secondary N) is 1. The zero-order valence-corrected chi connectivity index (χ0v) is 12.3. The van der Waals surface area contributed by atoms with Crippen LogP contribution in [0.15, 0.2) is 30.5 Å². The number of benzene rings is 1. The van der Waals surface area contributed by atoms with Crippen molar-refractivity contribution in [1.29, 1.82) is 0 Å². The lowest BCUT2D eigenvalue weighted by Crippen LogP contribution is -2.19. The normalized spacial score (nSPS) is 12.6. The van der Waals surface area contributed by atoms with E-state index in [1.807, 2.05) is 31.3 Å². The SMILES string of the molecule is CCNCc1cnc(OC(C)COC)c2ccccc12. The van der Waals surface area contributed by atoms with Gasteiger partial charge in [0.25, 0.3) is 0 Å². The molecule has 1 N–H and O–H groups in total. The van der Waals surface area contributed by atoms with Crippen molar-refractivity contribution in [3.05, 3.63) is 36.0 Å². The summed E-state index contributed by atoms with van der Waals surface area (Å²) in [6.07, 6.45) is 1.87. The smallest absolute Gasteiger partial charge is 0.221 e. The number of hydrogen-bond acceptors (Lipinski definition) is 4. The second-order valence-corrected chi connectivity index (χ2v) is 4.80. The second-order valence-electron chi connectivity index (χ2n) is 4.80. The number of ether oxygens (including phenoxy) is 2. The van der Waals surface area contributed by atoms with E-state index in [1.165, 1.54) is 10.9 Å². The molecule has 1 heterocycles. The van der Waals surface area contributed by atoms with Crippen LogP contribution in [0.1, 0.15) is 19.4 Å². The molecule has 4 nitrogen and oxygen atoms in total. The standard InChI is InChI=1S/C16H22N2O2/c1-4-17-9-13-10-18-16(20-12(2)11-19-3)15-8-6-5-7-14(13)15/h5-8,10,12,17H,4,9,11H2,1-3H3. The molecule has 0 fully saturated rings. The minimum atomic E-state index is -0.0180. The van der Waals surface area contributed by atoms with Crippen LogP contribution in [0.4, 0.5) is 0 Å². The number of rotatable bonds is 7. The summed E-state index contributed by atoms with van der Waals surface area (Å²) in [5.41, 5.74) is 1.19. The van der Waals surface area contributed by atoms with Crippen LogP contribution in [-0.4, -0.2) is 31.3 Å². The summed E-state index contributed by atoms with van der Waals surface area (Å²) in [4.78, 5) is 4.46. The largest absolute Gasteiger partial charge is 0.472 e. The molecule has 0 saturated carbocycles. The van der Waals surface area contributed by atoms with E-state index < -0.39 is 0 Å². The van der Waals surface area contributed by atoms with Crippen LogP contribution in [-0.2, 0) is 11.3 Å². The van der Waals surface area contributed by atoms with Gasteiger partial charge in [-0.2, -0.15) is 0 Å². The maximum absolute atomic E-state index is 5.87. The Hall–Kier alpha value is -1.65. The summed E-state index contributed by atoms with van der Waals surface area (Å²) in [6, 6.07) is 8.21. The van der Waals surface area contributed by atoms with E-state index in [-0.39, 0.29) is 6.10 Å². The van der Waals surface area contributed by atoms with Crippen molar-refractivity contribution in [2.24, 2.45) is 0 Å². The van der Waals surface area contributed by atoms with E-state index in [9.17, 15) is 0 Å². The predicted molar refractivity (Wildman–Crippen MR) is 81.1 cm³/mol. The van der Waals surface area contributed by atoms with E-state index in [0.29, 0.717) is 12.5 Å². The Morgan fingerprint density at radius 2 is 2.00 bits per heavy atom. The second kappa shape index (κ2) is 7.22. The summed E-state index contributed by atoms with van der Waals surface area (Å²) in [5, 5.41) is 5.57.